The number of ether oxygens (including phenoxy) is 1. The van der Waals surface area contributed by atoms with Crippen LogP contribution in [0.15, 0.2) is 40.8 Å². The fourth-order valence-corrected chi connectivity index (χ4v) is 2.97. The van der Waals surface area contributed by atoms with Gasteiger partial charge in [-0.25, -0.2) is 9.18 Å². The summed E-state index contributed by atoms with van der Waals surface area (Å²) in [6, 6.07) is 10.7. The molecular formula is C19H17FN2O4. The quantitative estimate of drug-likeness (QED) is 0.831. The molecule has 1 saturated carbocycles. The number of hydrogen-bond acceptors (Lipinski definition) is 5. The SMILES string of the molecule is N#CC1(NC(=O)COC(=O)c2ccc(-c3ccc(F)cc3)o2)CCCC1. The third-order valence-corrected chi connectivity index (χ3v) is 4.32. The van der Waals surface area contributed by atoms with E-state index < -0.39 is 24.0 Å². The van der Waals surface area contributed by atoms with Crippen molar-refractivity contribution in [3.05, 3.63) is 48.0 Å². The van der Waals surface area contributed by atoms with Crippen molar-refractivity contribution < 1.29 is 23.1 Å². The van der Waals surface area contributed by atoms with Crippen molar-refractivity contribution in [2.75, 3.05) is 6.61 Å². The number of nitrogens with one attached hydrogen (secondary N) is 1. The molecule has 0 spiro atoms. The van der Waals surface area contributed by atoms with Gasteiger partial charge in [0, 0.05) is 5.56 Å². The van der Waals surface area contributed by atoms with Crippen LogP contribution in [0.3, 0.4) is 0 Å². The summed E-state index contributed by atoms with van der Waals surface area (Å²) in [5, 5.41) is 11.9. The Morgan fingerprint density at radius 1 is 1.19 bits per heavy atom. The smallest absolute Gasteiger partial charge is 0.374 e. The molecule has 1 heterocycles. The number of nitriles is 1. The first-order chi connectivity index (χ1) is 12.5. The highest BCUT2D eigenvalue weighted by Gasteiger charge is 2.35. The minimum atomic E-state index is -0.857. The molecule has 7 heteroatoms. The second-order valence-corrected chi connectivity index (χ2v) is 6.20. The molecule has 0 aliphatic heterocycles. The summed E-state index contributed by atoms with van der Waals surface area (Å²) < 4.78 is 23.3. The number of nitrogens with zero attached hydrogens (tertiary/aromatic N) is 1. The number of amides is 1. The summed E-state index contributed by atoms with van der Waals surface area (Å²) >= 11 is 0. The van der Waals surface area contributed by atoms with E-state index in [0.29, 0.717) is 24.2 Å². The van der Waals surface area contributed by atoms with E-state index in [0.717, 1.165) is 12.8 Å². The van der Waals surface area contributed by atoms with E-state index in [1.165, 1.54) is 30.3 Å². The molecule has 0 atom stereocenters. The minimum absolute atomic E-state index is 0.0620. The lowest BCUT2D eigenvalue weighted by atomic mass is 10.00. The Morgan fingerprint density at radius 2 is 1.88 bits per heavy atom. The molecule has 3 rings (SSSR count). The lowest BCUT2D eigenvalue weighted by Gasteiger charge is -2.21. The maximum absolute atomic E-state index is 12.9. The van der Waals surface area contributed by atoms with Gasteiger partial charge >= 0.3 is 5.97 Å². The van der Waals surface area contributed by atoms with Crippen LogP contribution in [0.25, 0.3) is 11.3 Å². The Hall–Kier alpha value is -3.14. The summed E-state index contributed by atoms with van der Waals surface area (Å²) in [4.78, 5) is 24.0. The summed E-state index contributed by atoms with van der Waals surface area (Å²) in [7, 11) is 0. The van der Waals surface area contributed by atoms with Crippen molar-refractivity contribution in [1.29, 1.82) is 5.26 Å². The molecule has 6 nitrogen and oxygen atoms in total. The number of benzene rings is 1. The van der Waals surface area contributed by atoms with Gasteiger partial charge in [-0.2, -0.15) is 5.26 Å². The van der Waals surface area contributed by atoms with E-state index in [-0.39, 0.29) is 11.6 Å². The van der Waals surface area contributed by atoms with Gasteiger partial charge in [0.05, 0.1) is 6.07 Å². The van der Waals surface area contributed by atoms with E-state index in [1.54, 1.807) is 6.07 Å². The summed E-state index contributed by atoms with van der Waals surface area (Å²) in [5.74, 6) is -1.36. The lowest BCUT2D eigenvalue weighted by molar-refractivity contribution is -0.125. The highest BCUT2D eigenvalue weighted by atomic mass is 19.1. The van der Waals surface area contributed by atoms with Gasteiger partial charge < -0.3 is 14.5 Å². The predicted molar refractivity (Wildman–Crippen MR) is 89.3 cm³/mol. The number of rotatable bonds is 5. The Labute approximate surface area is 149 Å². The molecule has 1 N–H and O–H groups in total. The average Bonchev–Trinajstić information content (AvgIpc) is 3.30. The fourth-order valence-electron chi connectivity index (χ4n) is 2.97. The molecule has 0 radical (unpaired) electrons. The van der Waals surface area contributed by atoms with Crippen LogP contribution < -0.4 is 5.32 Å². The molecule has 1 amide bonds. The average molecular weight is 356 g/mol. The Kier molecular flexibility index (Phi) is 5.03. The van der Waals surface area contributed by atoms with Crippen molar-refractivity contribution in [2.45, 2.75) is 31.2 Å². The first-order valence-corrected chi connectivity index (χ1v) is 8.26. The van der Waals surface area contributed by atoms with E-state index in [1.807, 2.05) is 0 Å². The molecule has 1 aromatic carbocycles. The van der Waals surface area contributed by atoms with Gasteiger partial charge in [0.2, 0.25) is 5.76 Å². The molecule has 1 fully saturated rings. The van der Waals surface area contributed by atoms with Gasteiger partial charge in [-0.15, -0.1) is 0 Å². The van der Waals surface area contributed by atoms with Crippen LogP contribution >= 0.6 is 0 Å². The monoisotopic (exact) mass is 356 g/mol. The second kappa shape index (κ2) is 7.40. The fraction of sp³-hybridized carbons (Fsp3) is 0.316. The van der Waals surface area contributed by atoms with Crippen LogP contribution in [0, 0.1) is 17.1 Å². The first-order valence-electron chi connectivity index (χ1n) is 8.26. The molecule has 0 saturated heterocycles. The Bertz CT molecular complexity index is 845. The first kappa shape index (κ1) is 17.7. The molecular weight excluding hydrogens is 339 g/mol. The van der Waals surface area contributed by atoms with Gasteiger partial charge in [-0.05, 0) is 62.1 Å². The molecule has 1 aromatic heterocycles. The Balaban J connectivity index is 1.56. The Morgan fingerprint density at radius 3 is 2.54 bits per heavy atom. The lowest BCUT2D eigenvalue weighted by Crippen LogP contribution is -2.46. The number of carbonyl (C=O) groups excluding carboxylic acids is 2. The minimum Gasteiger partial charge on any atom is -0.450 e. The molecule has 1 aliphatic rings. The number of hydrogen-bond donors (Lipinski definition) is 1. The van der Waals surface area contributed by atoms with Crippen molar-refractivity contribution in [1.82, 2.24) is 5.32 Å². The van der Waals surface area contributed by atoms with Gasteiger partial charge in [0.25, 0.3) is 5.91 Å². The van der Waals surface area contributed by atoms with E-state index in [4.69, 9.17) is 9.15 Å². The van der Waals surface area contributed by atoms with E-state index in [2.05, 4.69) is 11.4 Å². The third-order valence-electron chi connectivity index (χ3n) is 4.32. The van der Waals surface area contributed by atoms with Crippen LogP contribution in [0.2, 0.25) is 0 Å². The zero-order chi connectivity index (χ0) is 18.6. The molecule has 2 aromatic rings. The summed E-state index contributed by atoms with van der Waals surface area (Å²) in [5.41, 5.74) is -0.246. The van der Waals surface area contributed by atoms with Crippen LogP contribution in [-0.2, 0) is 9.53 Å². The van der Waals surface area contributed by atoms with Crippen molar-refractivity contribution in [3.63, 3.8) is 0 Å². The number of furan rings is 1. The largest absolute Gasteiger partial charge is 0.450 e. The van der Waals surface area contributed by atoms with Crippen LogP contribution in [0.4, 0.5) is 4.39 Å². The summed E-state index contributed by atoms with van der Waals surface area (Å²) in [6.07, 6.45) is 2.96. The molecule has 0 unspecified atom stereocenters. The van der Waals surface area contributed by atoms with Crippen LogP contribution in [0.1, 0.15) is 36.2 Å². The van der Waals surface area contributed by atoms with Crippen LogP contribution in [-0.4, -0.2) is 24.0 Å². The normalized spacial score (nSPS) is 15.2. The summed E-state index contributed by atoms with van der Waals surface area (Å²) in [6.45, 7) is -0.491. The predicted octanol–water partition coefficient (Wildman–Crippen LogP) is 3.20. The third kappa shape index (κ3) is 3.91. The van der Waals surface area contributed by atoms with Crippen molar-refractivity contribution in [3.8, 4) is 17.4 Å². The van der Waals surface area contributed by atoms with Gasteiger partial charge in [0.15, 0.2) is 6.61 Å². The number of esters is 1. The number of halogens is 1. The van der Waals surface area contributed by atoms with Gasteiger partial charge in [-0.1, -0.05) is 0 Å². The topological polar surface area (TPSA) is 92.3 Å². The van der Waals surface area contributed by atoms with E-state index >= 15 is 0 Å². The number of carbonyl (C=O) groups is 2. The molecule has 0 bridgehead atoms. The van der Waals surface area contributed by atoms with Crippen molar-refractivity contribution >= 4 is 11.9 Å². The standard InChI is InChI=1S/C19H17FN2O4/c20-14-5-3-13(4-6-14)15-7-8-16(26-15)18(24)25-11-17(23)22-19(12-21)9-1-2-10-19/h3-8H,1-2,9-11H2,(H,22,23). The second-order valence-electron chi connectivity index (χ2n) is 6.20. The van der Waals surface area contributed by atoms with Crippen molar-refractivity contribution in [2.24, 2.45) is 0 Å². The molecule has 1 aliphatic carbocycles. The zero-order valence-electron chi connectivity index (χ0n) is 14.0. The van der Waals surface area contributed by atoms with Crippen LogP contribution in [0.5, 0.6) is 0 Å². The highest BCUT2D eigenvalue weighted by Crippen LogP contribution is 2.28. The maximum atomic E-state index is 12.9. The van der Waals surface area contributed by atoms with E-state index in [9.17, 15) is 19.2 Å². The van der Waals surface area contributed by atoms with Gasteiger partial charge in [0.1, 0.15) is 17.1 Å². The van der Waals surface area contributed by atoms with Gasteiger partial charge in [-0.3, -0.25) is 4.79 Å². The maximum Gasteiger partial charge on any atom is 0.374 e. The molecule has 134 valence electrons. The zero-order valence-corrected chi connectivity index (χ0v) is 14.0. The molecule has 26 heavy (non-hydrogen) atoms. The highest BCUT2D eigenvalue weighted by molar-refractivity contribution is 5.89.